The predicted molar refractivity (Wildman–Crippen MR) is 87.3 cm³/mol. The van der Waals surface area contributed by atoms with Crippen molar-refractivity contribution in [1.82, 2.24) is 0 Å². The van der Waals surface area contributed by atoms with Gasteiger partial charge in [0.2, 0.25) is 0 Å². The number of aliphatic hydroxyl groups is 1. The molecule has 0 aliphatic heterocycles. The predicted octanol–water partition coefficient (Wildman–Crippen LogP) is 4.12. The van der Waals surface area contributed by atoms with Crippen LogP contribution in [0.15, 0.2) is 54.6 Å². The Hall–Kier alpha value is -2.13. The largest absolute Gasteiger partial charge is 0.460 e. The topological polar surface area (TPSA) is 46.5 Å². The maximum Gasteiger partial charge on any atom is 0.309 e. The molecule has 2 aromatic rings. The molecule has 0 saturated carbocycles. The summed E-state index contributed by atoms with van der Waals surface area (Å²) in [5.74, 6) is -0.396. The van der Waals surface area contributed by atoms with Crippen molar-refractivity contribution in [1.29, 1.82) is 0 Å². The van der Waals surface area contributed by atoms with Crippen LogP contribution in [-0.2, 0) is 9.53 Å². The number of rotatable bonds is 4. The van der Waals surface area contributed by atoms with Gasteiger partial charge in [0, 0.05) is 0 Å². The van der Waals surface area contributed by atoms with Gasteiger partial charge in [-0.2, -0.15) is 0 Å². The number of aliphatic hydroxyl groups excluding tert-OH is 1. The van der Waals surface area contributed by atoms with E-state index in [0.29, 0.717) is 5.56 Å². The maximum absolute atomic E-state index is 11.7. The minimum Gasteiger partial charge on any atom is -0.460 e. The van der Waals surface area contributed by atoms with Crippen LogP contribution < -0.4 is 0 Å². The highest BCUT2D eigenvalue weighted by Crippen LogP contribution is 2.24. The van der Waals surface area contributed by atoms with E-state index in [2.05, 4.69) is 0 Å². The van der Waals surface area contributed by atoms with Gasteiger partial charge >= 0.3 is 5.97 Å². The van der Waals surface area contributed by atoms with Crippen LogP contribution in [0.3, 0.4) is 0 Å². The summed E-state index contributed by atoms with van der Waals surface area (Å²) in [7, 11) is 0. The molecular formula is C19H22O3. The Labute approximate surface area is 131 Å². The Kier molecular flexibility index (Phi) is 4.99. The second-order valence-electron chi connectivity index (χ2n) is 6.29. The number of hydrogen-bond donors (Lipinski definition) is 1. The van der Waals surface area contributed by atoms with Crippen molar-refractivity contribution >= 4 is 5.97 Å². The molecule has 0 aliphatic rings. The zero-order valence-corrected chi connectivity index (χ0v) is 13.2. The molecule has 1 N–H and O–H groups in total. The number of esters is 1. The molecule has 2 rings (SSSR count). The molecular weight excluding hydrogens is 276 g/mol. The molecule has 0 radical (unpaired) electrons. The van der Waals surface area contributed by atoms with Crippen LogP contribution >= 0.6 is 0 Å². The lowest BCUT2D eigenvalue weighted by Gasteiger charge is -2.20. The van der Waals surface area contributed by atoms with Crippen LogP contribution in [0.2, 0.25) is 0 Å². The van der Waals surface area contributed by atoms with Gasteiger partial charge in [-0.05, 0) is 37.5 Å². The molecule has 3 heteroatoms. The van der Waals surface area contributed by atoms with Crippen LogP contribution in [0, 0.1) is 0 Å². The fourth-order valence-corrected chi connectivity index (χ4v) is 2.19. The van der Waals surface area contributed by atoms with E-state index in [9.17, 15) is 9.90 Å². The number of ether oxygens (including phenoxy) is 1. The van der Waals surface area contributed by atoms with Crippen molar-refractivity contribution in [2.24, 2.45) is 0 Å². The van der Waals surface area contributed by atoms with Crippen molar-refractivity contribution < 1.29 is 14.6 Å². The van der Waals surface area contributed by atoms with Crippen molar-refractivity contribution in [2.45, 2.75) is 38.9 Å². The quantitative estimate of drug-likeness (QED) is 0.864. The van der Waals surface area contributed by atoms with Gasteiger partial charge in [-0.25, -0.2) is 0 Å². The standard InChI is InChI=1S/C19H22O3/c1-19(2,3)22-18(21)13-17(20)16-11-9-15(10-12-16)14-7-5-4-6-8-14/h4-12,17,20H,13H2,1-3H3/t17-/m1/s1. The van der Waals surface area contributed by atoms with Gasteiger partial charge < -0.3 is 9.84 Å². The van der Waals surface area contributed by atoms with Crippen LogP contribution in [0.4, 0.5) is 0 Å². The molecule has 2 aromatic carbocycles. The summed E-state index contributed by atoms with van der Waals surface area (Å²) in [5.41, 5.74) is 2.38. The van der Waals surface area contributed by atoms with Gasteiger partial charge in [-0.15, -0.1) is 0 Å². The van der Waals surface area contributed by atoms with Crippen LogP contribution in [0.5, 0.6) is 0 Å². The summed E-state index contributed by atoms with van der Waals surface area (Å²) < 4.78 is 5.22. The third-order valence-electron chi connectivity index (χ3n) is 3.18. The van der Waals surface area contributed by atoms with E-state index in [4.69, 9.17) is 4.74 Å². The fraction of sp³-hybridized carbons (Fsp3) is 0.316. The molecule has 22 heavy (non-hydrogen) atoms. The van der Waals surface area contributed by atoms with E-state index in [1.54, 1.807) is 0 Å². The molecule has 0 heterocycles. The van der Waals surface area contributed by atoms with Gasteiger partial charge in [0.1, 0.15) is 5.60 Å². The molecule has 0 spiro atoms. The van der Waals surface area contributed by atoms with E-state index in [1.807, 2.05) is 75.4 Å². The van der Waals surface area contributed by atoms with E-state index in [1.165, 1.54) is 0 Å². The highest BCUT2D eigenvalue weighted by atomic mass is 16.6. The third kappa shape index (κ3) is 4.71. The van der Waals surface area contributed by atoms with E-state index in [0.717, 1.165) is 11.1 Å². The number of carbonyl (C=O) groups is 1. The second-order valence-corrected chi connectivity index (χ2v) is 6.29. The lowest BCUT2D eigenvalue weighted by molar-refractivity contribution is -0.157. The first-order valence-corrected chi connectivity index (χ1v) is 7.40. The Morgan fingerprint density at radius 1 is 1.00 bits per heavy atom. The molecule has 0 bridgehead atoms. The zero-order chi connectivity index (χ0) is 16.2. The van der Waals surface area contributed by atoms with Gasteiger partial charge in [-0.3, -0.25) is 4.79 Å². The zero-order valence-electron chi connectivity index (χ0n) is 13.2. The molecule has 0 fully saturated rings. The van der Waals surface area contributed by atoms with Crippen molar-refractivity contribution in [3.63, 3.8) is 0 Å². The lowest BCUT2D eigenvalue weighted by Crippen LogP contribution is -2.24. The summed E-state index contributed by atoms with van der Waals surface area (Å²) in [5, 5.41) is 10.1. The van der Waals surface area contributed by atoms with Crippen molar-refractivity contribution in [3.05, 3.63) is 60.2 Å². The monoisotopic (exact) mass is 298 g/mol. The molecule has 116 valence electrons. The first kappa shape index (κ1) is 16.2. The first-order valence-electron chi connectivity index (χ1n) is 7.40. The smallest absolute Gasteiger partial charge is 0.309 e. The summed E-state index contributed by atoms with van der Waals surface area (Å²) in [6.07, 6.45) is -0.887. The highest BCUT2D eigenvalue weighted by molar-refractivity contribution is 5.71. The first-order chi connectivity index (χ1) is 10.3. The van der Waals surface area contributed by atoms with E-state index < -0.39 is 17.7 Å². The van der Waals surface area contributed by atoms with E-state index in [-0.39, 0.29) is 6.42 Å². The minimum atomic E-state index is -0.848. The fourth-order valence-electron chi connectivity index (χ4n) is 2.19. The summed E-state index contributed by atoms with van der Waals surface area (Å²) in [6, 6.07) is 17.6. The average Bonchev–Trinajstić information content (AvgIpc) is 2.46. The van der Waals surface area contributed by atoms with Crippen LogP contribution in [-0.4, -0.2) is 16.7 Å². The Bertz CT molecular complexity index is 609. The number of carbonyl (C=O) groups excluding carboxylic acids is 1. The molecule has 0 aromatic heterocycles. The maximum atomic E-state index is 11.7. The third-order valence-corrected chi connectivity index (χ3v) is 3.18. The number of benzene rings is 2. The van der Waals surface area contributed by atoms with Crippen molar-refractivity contribution in [3.8, 4) is 11.1 Å². The van der Waals surface area contributed by atoms with Gasteiger partial charge in [0.25, 0.3) is 0 Å². The van der Waals surface area contributed by atoms with Gasteiger partial charge in [-0.1, -0.05) is 54.6 Å². The molecule has 0 aliphatic carbocycles. The second kappa shape index (κ2) is 6.75. The summed E-state index contributed by atoms with van der Waals surface area (Å²) >= 11 is 0. The van der Waals surface area contributed by atoms with Crippen molar-refractivity contribution in [2.75, 3.05) is 0 Å². The molecule has 3 nitrogen and oxygen atoms in total. The Morgan fingerprint density at radius 3 is 2.09 bits per heavy atom. The Balaban J connectivity index is 2.02. The highest BCUT2D eigenvalue weighted by Gasteiger charge is 2.20. The normalized spacial score (nSPS) is 12.7. The molecule has 0 unspecified atom stereocenters. The molecule has 1 atom stereocenters. The lowest BCUT2D eigenvalue weighted by atomic mass is 10.0. The van der Waals surface area contributed by atoms with Crippen LogP contribution in [0.25, 0.3) is 11.1 Å². The van der Waals surface area contributed by atoms with E-state index >= 15 is 0 Å². The van der Waals surface area contributed by atoms with Crippen LogP contribution in [0.1, 0.15) is 38.9 Å². The van der Waals surface area contributed by atoms with Gasteiger partial charge in [0.05, 0.1) is 12.5 Å². The SMILES string of the molecule is CC(C)(C)OC(=O)C[C@@H](O)c1ccc(-c2ccccc2)cc1. The molecule has 0 amide bonds. The summed E-state index contributed by atoms with van der Waals surface area (Å²) in [6.45, 7) is 5.43. The number of hydrogen-bond acceptors (Lipinski definition) is 3. The summed E-state index contributed by atoms with van der Waals surface area (Å²) in [4.78, 5) is 11.7. The molecule has 0 saturated heterocycles. The Morgan fingerprint density at radius 2 is 1.55 bits per heavy atom. The minimum absolute atomic E-state index is 0.0397. The average molecular weight is 298 g/mol. The van der Waals surface area contributed by atoms with Gasteiger partial charge in [0.15, 0.2) is 0 Å².